The number of rotatable bonds is 4. The van der Waals surface area contributed by atoms with Crippen LogP contribution in [0.5, 0.6) is 0 Å². The van der Waals surface area contributed by atoms with Gasteiger partial charge in [-0.1, -0.05) is 35.9 Å². The molecule has 2 heteroatoms. The quantitative estimate of drug-likeness (QED) is 0.639. The Kier molecular flexibility index (Phi) is 3.89. The number of nitrogens with zero attached hydrogens (tertiary/aromatic N) is 1. The summed E-state index contributed by atoms with van der Waals surface area (Å²) in [6, 6.07) is 10.4. The van der Waals surface area contributed by atoms with E-state index in [4.69, 9.17) is 0 Å². The molecule has 17 heavy (non-hydrogen) atoms. The van der Waals surface area contributed by atoms with E-state index in [1.807, 2.05) is 12.3 Å². The molecule has 2 rings (SSSR count). The fourth-order valence-electron chi connectivity index (χ4n) is 1.79. The zero-order valence-corrected chi connectivity index (χ0v) is 10.4. The molecule has 1 aromatic carbocycles. The first-order valence-corrected chi connectivity index (χ1v) is 5.94. The Labute approximate surface area is 102 Å². The van der Waals surface area contributed by atoms with E-state index in [2.05, 4.69) is 54.5 Å². The van der Waals surface area contributed by atoms with E-state index in [0.29, 0.717) is 0 Å². The Hall–Kier alpha value is -1.67. The Balaban J connectivity index is 2.11. The number of pyridine rings is 1. The van der Waals surface area contributed by atoms with E-state index in [1.165, 1.54) is 16.5 Å². The van der Waals surface area contributed by atoms with Crippen LogP contribution in [0, 0.1) is 0 Å². The van der Waals surface area contributed by atoms with Crippen molar-refractivity contribution in [1.82, 2.24) is 10.3 Å². The summed E-state index contributed by atoms with van der Waals surface area (Å²) in [5, 5.41) is 4.61. The molecule has 0 saturated carbocycles. The van der Waals surface area contributed by atoms with Crippen LogP contribution in [0.15, 0.2) is 48.2 Å². The molecule has 1 N–H and O–H groups in total. The van der Waals surface area contributed by atoms with Gasteiger partial charge >= 0.3 is 0 Å². The number of nitrogens with one attached hydrogen (secondary N) is 1. The van der Waals surface area contributed by atoms with Crippen molar-refractivity contribution in [3.63, 3.8) is 0 Å². The third-order valence-corrected chi connectivity index (χ3v) is 2.69. The molecule has 0 bridgehead atoms. The van der Waals surface area contributed by atoms with E-state index in [-0.39, 0.29) is 0 Å². The summed E-state index contributed by atoms with van der Waals surface area (Å²) >= 11 is 0. The molecule has 2 aromatic rings. The number of fused-ring (bicyclic) bond motifs is 1. The van der Waals surface area contributed by atoms with Crippen LogP contribution in [0.2, 0.25) is 0 Å². The van der Waals surface area contributed by atoms with Crippen molar-refractivity contribution in [1.29, 1.82) is 0 Å². The first kappa shape index (κ1) is 11.8. The maximum atomic E-state index is 4.44. The molecule has 1 aromatic heterocycles. The minimum atomic E-state index is 0.859. The molecule has 0 radical (unpaired) electrons. The Bertz CT molecular complexity index is 520. The fraction of sp³-hybridized carbons (Fsp3) is 0.267. The molecule has 0 aliphatic heterocycles. The summed E-state index contributed by atoms with van der Waals surface area (Å²) in [5.41, 5.74) is 3.69. The minimum Gasteiger partial charge on any atom is -0.309 e. The molecule has 0 saturated heterocycles. The largest absolute Gasteiger partial charge is 0.309 e. The lowest BCUT2D eigenvalue weighted by atomic mass is 10.1. The molecular weight excluding hydrogens is 208 g/mol. The summed E-state index contributed by atoms with van der Waals surface area (Å²) in [5.74, 6) is 0. The average molecular weight is 226 g/mol. The molecule has 1 heterocycles. The van der Waals surface area contributed by atoms with Crippen molar-refractivity contribution in [2.75, 3.05) is 6.54 Å². The van der Waals surface area contributed by atoms with Gasteiger partial charge in [0.2, 0.25) is 0 Å². The number of allylic oxidation sites excluding steroid dienone is 1. The normalized spacial score (nSPS) is 10.5. The van der Waals surface area contributed by atoms with Crippen molar-refractivity contribution >= 4 is 10.9 Å². The fourth-order valence-corrected chi connectivity index (χ4v) is 1.79. The van der Waals surface area contributed by atoms with Crippen LogP contribution in [-0.4, -0.2) is 11.5 Å². The van der Waals surface area contributed by atoms with Gasteiger partial charge in [-0.3, -0.25) is 4.98 Å². The van der Waals surface area contributed by atoms with Gasteiger partial charge < -0.3 is 5.32 Å². The summed E-state index contributed by atoms with van der Waals surface area (Å²) in [6.07, 6.45) is 4.04. The smallest absolute Gasteiger partial charge is 0.0746 e. The lowest BCUT2D eigenvalue weighted by Crippen LogP contribution is -2.13. The lowest BCUT2D eigenvalue weighted by Gasteiger charge is -2.06. The molecule has 88 valence electrons. The first-order valence-electron chi connectivity index (χ1n) is 5.94. The van der Waals surface area contributed by atoms with Crippen molar-refractivity contribution < 1.29 is 0 Å². The van der Waals surface area contributed by atoms with Crippen LogP contribution >= 0.6 is 0 Å². The van der Waals surface area contributed by atoms with E-state index >= 15 is 0 Å². The maximum Gasteiger partial charge on any atom is 0.0746 e. The van der Waals surface area contributed by atoms with Gasteiger partial charge in [0, 0.05) is 24.7 Å². The predicted molar refractivity (Wildman–Crippen MR) is 72.9 cm³/mol. The highest BCUT2D eigenvalue weighted by Gasteiger charge is 1.99. The Morgan fingerprint density at radius 2 is 2.06 bits per heavy atom. The molecule has 2 nitrogen and oxygen atoms in total. The van der Waals surface area contributed by atoms with Gasteiger partial charge in [-0.15, -0.1) is 0 Å². The summed E-state index contributed by atoms with van der Waals surface area (Å²) < 4.78 is 0. The van der Waals surface area contributed by atoms with Gasteiger partial charge in [-0.25, -0.2) is 0 Å². The third kappa shape index (κ3) is 3.14. The van der Waals surface area contributed by atoms with Gasteiger partial charge in [0.25, 0.3) is 0 Å². The molecule has 0 aliphatic rings. The highest BCUT2D eigenvalue weighted by molar-refractivity contribution is 5.81. The molecule has 0 aliphatic carbocycles. The van der Waals surface area contributed by atoms with Crippen LogP contribution in [0.4, 0.5) is 0 Å². The molecule has 0 fully saturated rings. The number of benzene rings is 1. The third-order valence-electron chi connectivity index (χ3n) is 2.69. The number of hydrogen-bond acceptors (Lipinski definition) is 2. The van der Waals surface area contributed by atoms with Crippen molar-refractivity contribution in [2.24, 2.45) is 0 Å². The summed E-state index contributed by atoms with van der Waals surface area (Å²) in [6.45, 7) is 5.99. The molecule has 0 amide bonds. The zero-order valence-electron chi connectivity index (χ0n) is 10.4. The van der Waals surface area contributed by atoms with Crippen LogP contribution < -0.4 is 5.32 Å². The van der Waals surface area contributed by atoms with E-state index in [0.717, 1.165) is 18.6 Å². The summed E-state index contributed by atoms with van der Waals surface area (Å²) in [4.78, 5) is 4.44. The second kappa shape index (κ2) is 5.60. The highest BCUT2D eigenvalue weighted by Crippen LogP contribution is 2.15. The molecule has 0 spiro atoms. The average Bonchev–Trinajstić information content (AvgIpc) is 2.34. The molecule has 0 atom stereocenters. The number of aromatic nitrogens is 1. The van der Waals surface area contributed by atoms with Gasteiger partial charge in [-0.05, 0) is 25.5 Å². The van der Waals surface area contributed by atoms with Crippen LogP contribution in [0.25, 0.3) is 10.9 Å². The van der Waals surface area contributed by atoms with E-state index in [9.17, 15) is 0 Å². The standard InChI is InChI=1S/C15H18N2/c1-12(2)8-10-16-11-14-6-3-5-13-7-4-9-17-15(13)14/h3-9,16H,10-11H2,1-2H3. The monoisotopic (exact) mass is 226 g/mol. The van der Waals surface area contributed by atoms with Crippen molar-refractivity contribution in [3.05, 3.63) is 53.7 Å². The van der Waals surface area contributed by atoms with Gasteiger partial charge in [0.1, 0.15) is 0 Å². The highest BCUT2D eigenvalue weighted by atomic mass is 14.8. The minimum absolute atomic E-state index is 0.859. The van der Waals surface area contributed by atoms with E-state index in [1.54, 1.807) is 0 Å². The number of para-hydroxylation sites is 1. The second-order valence-electron chi connectivity index (χ2n) is 4.40. The SMILES string of the molecule is CC(C)=CCNCc1cccc2cccnc12. The topological polar surface area (TPSA) is 24.9 Å². The lowest BCUT2D eigenvalue weighted by molar-refractivity contribution is 0.760. The summed E-state index contributed by atoms with van der Waals surface area (Å²) in [7, 11) is 0. The van der Waals surface area contributed by atoms with Crippen molar-refractivity contribution in [2.45, 2.75) is 20.4 Å². The second-order valence-corrected chi connectivity index (χ2v) is 4.40. The van der Waals surface area contributed by atoms with Gasteiger partial charge in [0.05, 0.1) is 5.52 Å². The molecular formula is C15H18N2. The van der Waals surface area contributed by atoms with Gasteiger partial charge in [0.15, 0.2) is 0 Å². The van der Waals surface area contributed by atoms with Crippen LogP contribution in [0.3, 0.4) is 0 Å². The first-order chi connectivity index (χ1) is 8.27. The zero-order chi connectivity index (χ0) is 12.1. The molecule has 0 unspecified atom stereocenters. The van der Waals surface area contributed by atoms with Crippen LogP contribution in [0.1, 0.15) is 19.4 Å². The van der Waals surface area contributed by atoms with Crippen LogP contribution in [-0.2, 0) is 6.54 Å². The van der Waals surface area contributed by atoms with Crippen molar-refractivity contribution in [3.8, 4) is 0 Å². The predicted octanol–water partition coefficient (Wildman–Crippen LogP) is 3.29. The van der Waals surface area contributed by atoms with E-state index < -0.39 is 0 Å². The Morgan fingerprint density at radius 1 is 1.24 bits per heavy atom. The maximum absolute atomic E-state index is 4.44. The number of hydrogen-bond donors (Lipinski definition) is 1. The van der Waals surface area contributed by atoms with Gasteiger partial charge in [-0.2, -0.15) is 0 Å². The Morgan fingerprint density at radius 3 is 2.88 bits per heavy atom.